The monoisotopic (exact) mass is 212 g/mol. The summed E-state index contributed by atoms with van der Waals surface area (Å²) in [6.45, 7) is 9.54. The van der Waals surface area contributed by atoms with Crippen LogP contribution < -0.4 is 5.32 Å². The van der Waals surface area contributed by atoms with E-state index in [4.69, 9.17) is 0 Å². The average Bonchev–Trinajstić information content (AvgIpc) is 2.77. The maximum atomic E-state index is 3.32. The highest BCUT2D eigenvalue weighted by molar-refractivity contribution is 4.97. The van der Waals surface area contributed by atoms with Gasteiger partial charge >= 0.3 is 0 Å². The van der Waals surface area contributed by atoms with Gasteiger partial charge in [-0.3, -0.25) is 0 Å². The molecule has 0 amide bonds. The summed E-state index contributed by atoms with van der Waals surface area (Å²) in [5.74, 6) is 0. The van der Waals surface area contributed by atoms with E-state index < -0.39 is 0 Å². The van der Waals surface area contributed by atoms with Gasteiger partial charge in [-0.15, -0.1) is 0 Å². The summed E-state index contributed by atoms with van der Waals surface area (Å²) in [6.07, 6.45) is 7.00. The number of likely N-dealkylation sites (tertiary alicyclic amines) is 1. The fourth-order valence-electron chi connectivity index (χ4n) is 2.36. The highest BCUT2D eigenvalue weighted by atomic mass is 15.2. The van der Waals surface area contributed by atoms with Crippen LogP contribution in [0, 0.1) is 5.41 Å². The van der Waals surface area contributed by atoms with Crippen LogP contribution in [-0.2, 0) is 0 Å². The fourth-order valence-corrected chi connectivity index (χ4v) is 2.36. The SMILES string of the molecule is CCC.CNCC1(CN2CCCC2)CC1. The Morgan fingerprint density at radius 1 is 1.13 bits per heavy atom. The Morgan fingerprint density at radius 3 is 2.07 bits per heavy atom. The zero-order valence-corrected chi connectivity index (χ0v) is 10.8. The van der Waals surface area contributed by atoms with Crippen LogP contribution in [0.5, 0.6) is 0 Å². The summed E-state index contributed by atoms with van der Waals surface area (Å²) in [6, 6.07) is 0. The van der Waals surface area contributed by atoms with E-state index in [1.807, 2.05) is 0 Å². The van der Waals surface area contributed by atoms with E-state index in [0.29, 0.717) is 5.41 Å². The van der Waals surface area contributed by atoms with Crippen LogP contribution in [0.2, 0.25) is 0 Å². The van der Waals surface area contributed by atoms with Gasteiger partial charge in [-0.2, -0.15) is 0 Å². The van der Waals surface area contributed by atoms with Gasteiger partial charge in [0.05, 0.1) is 0 Å². The molecule has 0 atom stereocenters. The molecular weight excluding hydrogens is 184 g/mol. The van der Waals surface area contributed by atoms with E-state index in [0.717, 1.165) is 0 Å². The van der Waals surface area contributed by atoms with Crippen LogP contribution in [0.3, 0.4) is 0 Å². The molecule has 0 radical (unpaired) electrons. The lowest BCUT2D eigenvalue weighted by Gasteiger charge is -2.22. The van der Waals surface area contributed by atoms with Gasteiger partial charge in [0.1, 0.15) is 0 Å². The molecule has 1 heterocycles. The van der Waals surface area contributed by atoms with Crippen LogP contribution >= 0.6 is 0 Å². The Bertz CT molecular complexity index is 158. The molecule has 1 saturated carbocycles. The molecule has 1 saturated heterocycles. The van der Waals surface area contributed by atoms with E-state index >= 15 is 0 Å². The van der Waals surface area contributed by atoms with Crippen molar-refractivity contribution >= 4 is 0 Å². The fraction of sp³-hybridized carbons (Fsp3) is 1.00. The van der Waals surface area contributed by atoms with E-state index in [-0.39, 0.29) is 0 Å². The minimum atomic E-state index is 0.680. The van der Waals surface area contributed by atoms with Gasteiger partial charge in [-0.1, -0.05) is 20.3 Å². The standard InChI is InChI=1S/C10H20N2.C3H8/c1-11-8-10(4-5-10)9-12-6-2-3-7-12;1-3-2/h11H,2-9H2,1H3;3H2,1-2H3. The smallest absolute Gasteiger partial charge is 0.00501 e. The Balaban J connectivity index is 0.000000337. The predicted molar refractivity (Wildman–Crippen MR) is 67.2 cm³/mol. The number of rotatable bonds is 4. The topological polar surface area (TPSA) is 15.3 Å². The maximum absolute atomic E-state index is 3.32. The normalized spacial score (nSPS) is 23.4. The summed E-state index contributed by atoms with van der Waals surface area (Å²) >= 11 is 0. The van der Waals surface area contributed by atoms with E-state index in [1.54, 1.807) is 0 Å². The molecule has 2 aliphatic rings. The van der Waals surface area contributed by atoms with E-state index in [9.17, 15) is 0 Å². The highest BCUT2D eigenvalue weighted by Crippen LogP contribution is 2.45. The van der Waals surface area contributed by atoms with E-state index in [1.165, 1.54) is 58.3 Å². The lowest BCUT2D eigenvalue weighted by Crippen LogP contribution is -2.33. The van der Waals surface area contributed by atoms with Crippen molar-refractivity contribution < 1.29 is 0 Å². The second kappa shape index (κ2) is 6.49. The lowest BCUT2D eigenvalue weighted by atomic mass is 10.1. The average molecular weight is 212 g/mol. The summed E-state index contributed by atoms with van der Waals surface area (Å²) in [7, 11) is 2.07. The van der Waals surface area contributed by atoms with Gasteiger partial charge in [0, 0.05) is 13.1 Å². The van der Waals surface area contributed by atoms with Crippen molar-refractivity contribution in [2.75, 3.05) is 33.2 Å². The van der Waals surface area contributed by atoms with E-state index in [2.05, 4.69) is 31.1 Å². The van der Waals surface area contributed by atoms with Crippen LogP contribution in [0.4, 0.5) is 0 Å². The van der Waals surface area contributed by atoms with Crippen molar-refractivity contribution in [3.05, 3.63) is 0 Å². The molecule has 0 aromatic rings. The second-order valence-corrected chi connectivity index (χ2v) is 5.22. The molecule has 15 heavy (non-hydrogen) atoms. The van der Waals surface area contributed by atoms with Crippen LogP contribution in [0.15, 0.2) is 0 Å². The Kier molecular flexibility index (Phi) is 5.62. The molecule has 2 fully saturated rings. The Labute approximate surface area is 95.4 Å². The molecule has 90 valence electrons. The van der Waals surface area contributed by atoms with Gasteiger partial charge in [-0.05, 0) is 51.2 Å². The van der Waals surface area contributed by atoms with Crippen molar-refractivity contribution in [2.45, 2.75) is 46.0 Å². The van der Waals surface area contributed by atoms with Gasteiger partial charge in [0.15, 0.2) is 0 Å². The van der Waals surface area contributed by atoms with Gasteiger partial charge in [0.25, 0.3) is 0 Å². The first kappa shape index (κ1) is 13.0. The molecule has 1 aliphatic carbocycles. The van der Waals surface area contributed by atoms with Crippen molar-refractivity contribution in [2.24, 2.45) is 5.41 Å². The Hall–Kier alpha value is -0.0800. The molecule has 0 aromatic heterocycles. The van der Waals surface area contributed by atoms with Crippen molar-refractivity contribution in [1.82, 2.24) is 10.2 Å². The Morgan fingerprint density at radius 2 is 1.67 bits per heavy atom. The zero-order chi connectivity index (χ0) is 11.1. The molecule has 2 heteroatoms. The maximum Gasteiger partial charge on any atom is 0.00501 e. The van der Waals surface area contributed by atoms with Gasteiger partial charge in [0.2, 0.25) is 0 Å². The number of hydrogen-bond donors (Lipinski definition) is 1. The number of nitrogens with one attached hydrogen (secondary N) is 1. The quantitative estimate of drug-likeness (QED) is 0.770. The van der Waals surface area contributed by atoms with Gasteiger partial charge < -0.3 is 10.2 Å². The molecule has 1 N–H and O–H groups in total. The molecule has 0 bridgehead atoms. The van der Waals surface area contributed by atoms with Crippen LogP contribution in [0.25, 0.3) is 0 Å². The van der Waals surface area contributed by atoms with Crippen LogP contribution in [0.1, 0.15) is 46.0 Å². The minimum absolute atomic E-state index is 0.680. The first-order chi connectivity index (χ1) is 7.26. The van der Waals surface area contributed by atoms with Gasteiger partial charge in [-0.25, -0.2) is 0 Å². The predicted octanol–water partition coefficient (Wildman–Crippen LogP) is 2.50. The van der Waals surface area contributed by atoms with Crippen molar-refractivity contribution in [1.29, 1.82) is 0 Å². The summed E-state index contributed by atoms with van der Waals surface area (Å²) in [5, 5.41) is 3.32. The third kappa shape index (κ3) is 4.52. The molecule has 0 aromatic carbocycles. The molecule has 0 spiro atoms. The molecule has 2 nitrogen and oxygen atoms in total. The second-order valence-electron chi connectivity index (χ2n) is 5.22. The highest BCUT2D eigenvalue weighted by Gasteiger charge is 2.43. The third-order valence-corrected chi connectivity index (χ3v) is 3.27. The molecule has 0 unspecified atom stereocenters. The minimum Gasteiger partial charge on any atom is -0.319 e. The zero-order valence-electron chi connectivity index (χ0n) is 10.8. The number of nitrogens with zero attached hydrogens (tertiary/aromatic N) is 1. The van der Waals surface area contributed by atoms with Crippen molar-refractivity contribution in [3.8, 4) is 0 Å². The summed E-state index contributed by atoms with van der Waals surface area (Å²) in [5.41, 5.74) is 0.680. The first-order valence-corrected chi connectivity index (χ1v) is 6.63. The molecular formula is C13H28N2. The lowest BCUT2D eigenvalue weighted by molar-refractivity contribution is 0.260. The first-order valence-electron chi connectivity index (χ1n) is 6.63. The molecule has 2 rings (SSSR count). The summed E-state index contributed by atoms with van der Waals surface area (Å²) < 4.78 is 0. The largest absolute Gasteiger partial charge is 0.319 e. The van der Waals surface area contributed by atoms with Crippen LogP contribution in [-0.4, -0.2) is 38.1 Å². The van der Waals surface area contributed by atoms with Crippen molar-refractivity contribution in [3.63, 3.8) is 0 Å². The summed E-state index contributed by atoms with van der Waals surface area (Å²) in [4.78, 5) is 2.64. The number of hydrogen-bond acceptors (Lipinski definition) is 2. The molecule has 1 aliphatic heterocycles. The third-order valence-electron chi connectivity index (χ3n) is 3.27.